The van der Waals surface area contributed by atoms with E-state index >= 15 is 0 Å². The lowest BCUT2D eigenvalue weighted by Gasteiger charge is -2.35. The lowest BCUT2D eigenvalue weighted by Crippen LogP contribution is -2.49. The predicted molar refractivity (Wildman–Crippen MR) is 84.7 cm³/mol. The lowest BCUT2D eigenvalue weighted by molar-refractivity contribution is 0.0195. The van der Waals surface area contributed by atoms with E-state index in [0.29, 0.717) is 13.1 Å². The molecule has 1 fully saturated rings. The summed E-state index contributed by atoms with van der Waals surface area (Å²) in [7, 11) is 0. The first-order valence-corrected chi connectivity index (χ1v) is 7.61. The minimum absolute atomic E-state index is 0.0874. The van der Waals surface area contributed by atoms with Gasteiger partial charge in [0.1, 0.15) is 5.60 Å². The Kier molecular flexibility index (Phi) is 4.79. The van der Waals surface area contributed by atoms with Crippen LogP contribution in [0.1, 0.15) is 37.9 Å². The standard InChI is InChI=1S/C16H23ClN2O2/c1-11-5-6-12(9-13(11)17)14-10-19(8-7-18-14)15(20)21-16(2,3)4/h5-6,9,14,18H,7-8,10H2,1-4H3. The highest BCUT2D eigenvalue weighted by atomic mass is 35.5. The number of aryl methyl sites for hydroxylation is 1. The molecule has 1 heterocycles. The number of carbonyl (C=O) groups excluding carboxylic acids is 1. The van der Waals surface area contributed by atoms with Crippen molar-refractivity contribution in [3.05, 3.63) is 34.3 Å². The van der Waals surface area contributed by atoms with E-state index < -0.39 is 5.60 Å². The molecular formula is C16H23ClN2O2. The highest BCUT2D eigenvalue weighted by Gasteiger charge is 2.28. The summed E-state index contributed by atoms with van der Waals surface area (Å²) in [6, 6.07) is 6.11. The largest absolute Gasteiger partial charge is 0.444 e. The van der Waals surface area contributed by atoms with Crippen LogP contribution >= 0.6 is 11.6 Å². The van der Waals surface area contributed by atoms with E-state index in [2.05, 4.69) is 11.4 Å². The predicted octanol–water partition coefficient (Wildman–Crippen LogP) is 3.53. The van der Waals surface area contributed by atoms with Crippen LogP contribution in [0.2, 0.25) is 5.02 Å². The molecular weight excluding hydrogens is 288 g/mol. The molecule has 0 spiro atoms. The first-order valence-electron chi connectivity index (χ1n) is 7.23. The molecule has 1 aromatic rings. The number of carbonyl (C=O) groups is 1. The summed E-state index contributed by atoms with van der Waals surface area (Å²) in [6.45, 7) is 9.61. The van der Waals surface area contributed by atoms with Crippen LogP contribution in [-0.4, -0.2) is 36.2 Å². The van der Waals surface area contributed by atoms with Gasteiger partial charge in [-0.25, -0.2) is 4.79 Å². The summed E-state index contributed by atoms with van der Waals surface area (Å²) in [5.41, 5.74) is 1.68. The minimum Gasteiger partial charge on any atom is -0.444 e. The van der Waals surface area contributed by atoms with Crippen molar-refractivity contribution in [2.45, 2.75) is 39.3 Å². The zero-order chi connectivity index (χ0) is 15.6. The Hall–Kier alpha value is -1.26. The Morgan fingerprint density at radius 3 is 2.76 bits per heavy atom. The number of ether oxygens (including phenoxy) is 1. The number of hydrogen-bond donors (Lipinski definition) is 1. The molecule has 5 heteroatoms. The molecule has 1 aromatic carbocycles. The fraction of sp³-hybridized carbons (Fsp3) is 0.562. The third-order valence-electron chi connectivity index (χ3n) is 3.43. The Balaban J connectivity index is 2.06. The molecule has 1 N–H and O–H groups in total. The summed E-state index contributed by atoms with van der Waals surface area (Å²) >= 11 is 6.19. The van der Waals surface area contributed by atoms with E-state index in [-0.39, 0.29) is 12.1 Å². The van der Waals surface area contributed by atoms with Crippen molar-refractivity contribution in [3.8, 4) is 0 Å². The number of piperazine rings is 1. The van der Waals surface area contributed by atoms with Crippen molar-refractivity contribution in [2.24, 2.45) is 0 Å². The van der Waals surface area contributed by atoms with E-state index in [1.807, 2.05) is 39.8 Å². The van der Waals surface area contributed by atoms with Crippen LogP contribution in [0, 0.1) is 6.92 Å². The number of rotatable bonds is 1. The number of hydrogen-bond acceptors (Lipinski definition) is 3. The maximum atomic E-state index is 12.2. The van der Waals surface area contributed by atoms with Gasteiger partial charge < -0.3 is 15.0 Å². The average Bonchev–Trinajstić information content (AvgIpc) is 2.40. The Labute approximate surface area is 131 Å². The number of benzene rings is 1. The van der Waals surface area contributed by atoms with Gasteiger partial charge in [0, 0.05) is 24.7 Å². The van der Waals surface area contributed by atoms with Crippen LogP contribution in [0.15, 0.2) is 18.2 Å². The molecule has 0 saturated carbocycles. The second-order valence-corrected chi connectivity index (χ2v) is 6.85. The Bertz CT molecular complexity index is 525. The third kappa shape index (κ3) is 4.35. The van der Waals surface area contributed by atoms with Crippen molar-refractivity contribution in [2.75, 3.05) is 19.6 Å². The third-order valence-corrected chi connectivity index (χ3v) is 3.83. The Morgan fingerprint density at radius 1 is 1.43 bits per heavy atom. The van der Waals surface area contributed by atoms with Gasteiger partial charge in [-0.3, -0.25) is 0 Å². The van der Waals surface area contributed by atoms with Gasteiger partial charge >= 0.3 is 6.09 Å². The number of amides is 1. The zero-order valence-corrected chi connectivity index (χ0v) is 13.8. The molecule has 0 bridgehead atoms. The summed E-state index contributed by atoms with van der Waals surface area (Å²) in [5.74, 6) is 0. The topological polar surface area (TPSA) is 41.6 Å². The molecule has 1 saturated heterocycles. The fourth-order valence-electron chi connectivity index (χ4n) is 2.29. The molecule has 4 nitrogen and oxygen atoms in total. The molecule has 0 aliphatic carbocycles. The maximum absolute atomic E-state index is 12.2. The SMILES string of the molecule is Cc1ccc(C2CN(C(=O)OC(C)(C)C)CCN2)cc1Cl. The molecule has 0 radical (unpaired) electrons. The van der Waals surface area contributed by atoms with Gasteiger partial charge in [-0.05, 0) is 44.9 Å². The van der Waals surface area contributed by atoms with Gasteiger partial charge in [-0.15, -0.1) is 0 Å². The van der Waals surface area contributed by atoms with Crippen molar-refractivity contribution in [1.82, 2.24) is 10.2 Å². The molecule has 1 aliphatic heterocycles. The summed E-state index contributed by atoms with van der Waals surface area (Å²) < 4.78 is 5.44. The number of halogens is 1. The van der Waals surface area contributed by atoms with Crippen LogP contribution in [0.4, 0.5) is 4.79 Å². The first kappa shape index (κ1) is 16.1. The van der Waals surface area contributed by atoms with Gasteiger partial charge in [-0.1, -0.05) is 23.7 Å². The van der Waals surface area contributed by atoms with Gasteiger partial charge in [0.25, 0.3) is 0 Å². The van der Waals surface area contributed by atoms with Crippen LogP contribution in [0.5, 0.6) is 0 Å². The monoisotopic (exact) mass is 310 g/mol. The molecule has 1 aliphatic rings. The molecule has 1 unspecified atom stereocenters. The Morgan fingerprint density at radius 2 is 2.14 bits per heavy atom. The van der Waals surface area contributed by atoms with Crippen LogP contribution in [0.25, 0.3) is 0 Å². The molecule has 0 aromatic heterocycles. The van der Waals surface area contributed by atoms with Crippen LogP contribution in [-0.2, 0) is 4.74 Å². The maximum Gasteiger partial charge on any atom is 0.410 e. The van der Waals surface area contributed by atoms with Crippen molar-refractivity contribution in [1.29, 1.82) is 0 Å². The van der Waals surface area contributed by atoms with E-state index in [1.54, 1.807) is 4.90 Å². The molecule has 116 valence electrons. The summed E-state index contributed by atoms with van der Waals surface area (Å²) in [4.78, 5) is 13.9. The molecule has 21 heavy (non-hydrogen) atoms. The molecule has 1 atom stereocenters. The second-order valence-electron chi connectivity index (χ2n) is 6.44. The van der Waals surface area contributed by atoms with Gasteiger partial charge in [0.2, 0.25) is 0 Å². The fourth-order valence-corrected chi connectivity index (χ4v) is 2.48. The highest BCUT2D eigenvalue weighted by Crippen LogP contribution is 2.24. The quantitative estimate of drug-likeness (QED) is 0.863. The van der Waals surface area contributed by atoms with Crippen LogP contribution in [0.3, 0.4) is 0 Å². The number of nitrogens with one attached hydrogen (secondary N) is 1. The van der Waals surface area contributed by atoms with E-state index in [4.69, 9.17) is 16.3 Å². The normalized spacial score (nSPS) is 19.5. The zero-order valence-electron chi connectivity index (χ0n) is 13.1. The summed E-state index contributed by atoms with van der Waals surface area (Å²) in [6.07, 6.45) is -0.257. The number of nitrogens with zero attached hydrogens (tertiary/aromatic N) is 1. The van der Waals surface area contributed by atoms with Crippen LogP contribution < -0.4 is 5.32 Å². The van der Waals surface area contributed by atoms with Crippen molar-refractivity contribution in [3.63, 3.8) is 0 Å². The van der Waals surface area contributed by atoms with Gasteiger partial charge in [0.05, 0.1) is 6.04 Å². The van der Waals surface area contributed by atoms with E-state index in [1.165, 1.54) is 0 Å². The van der Waals surface area contributed by atoms with E-state index in [9.17, 15) is 4.79 Å². The average molecular weight is 311 g/mol. The molecule has 1 amide bonds. The van der Waals surface area contributed by atoms with E-state index in [0.717, 1.165) is 22.7 Å². The second kappa shape index (κ2) is 6.24. The van der Waals surface area contributed by atoms with Gasteiger partial charge in [-0.2, -0.15) is 0 Å². The van der Waals surface area contributed by atoms with Gasteiger partial charge in [0.15, 0.2) is 0 Å². The smallest absolute Gasteiger partial charge is 0.410 e. The lowest BCUT2D eigenvalue weighted by atomic mass is 10.0. The first-order chi connectivity index (χ1) is 9.76. The minimum atomic E-state index is -0.468. The molecule has 2 rings (SSSR count). The van der Waals surface area contributed by atoms with Crippen molar-refractivity contribution >= 4 is 17.7 Å². The highest BCUT2D eigenvalue weighted by molar-refractivity contribution is 6.31. The van der Waals surface area contributed by atoms with Crippen molar-refractivity contribution < 1.29 is 9.53 Å². The summed E-state index contributed by atoms with van der Waals surface area (Å²) in [5, 5.41) is 4.18.